The Morgan fingerprint density at radius 3 is 2.46 bits per heavy atom. The second-order valence-electron chi connectivity index (χ2n) is 10.8. The lowest BCUT2D eigenvalue weighted by Crippen LogP contribution is -2.50. The van der Waals surface area contributed by atoms with Crippen molar-refractivity contribution >= 4 is 17.6 Å². The molecule has 2 atom stereocenters. The summed E-state index contributed by atoms with van der Waals surface area (Å²) in [5, 5.41) is 7.02. The summed E-state index contributed by atoms with van der Waals surface area (Å²) in [5.74, 6) is -0.118. The van der Waals surface area contributed by atoms with Crippen molar-refractivity contribution in [3.8, 4) is 17.0 Å². The number of nitrogens with one attached hydrogen (secondary N) is 1. The van der Waals surface area contributed by atoms with Gasteiger partial charge in [0, 0.05) is 40.4 Å². The Hall–Kier alpha value is -4.06. The Labute approximate surface area is 233 Å². The number of alkyl halides is 3. The van der Waals surface area contributed by atoms with Gasteiger partial charge in [0.05, 0.1) is 12.7 Å². The van der Waals surface area contributed by atoms with Crippen molar-refractivity contribution in [1.82, 2.24) is 10.1 Å². The molecular weight excluding hydrogens is 541 g/mol. The number of carbonyl (C=O) groups excluding carboxylic acids is 2. The Morgan fingerprint density at radius 2 is 1.78 bits per heavy atom. The lowest BCUT2D eigenvalue weighted by molar-refractivity contribution is -0.274. The first kappa shape index (κ1) is 27.1. The maximum absolute atomic E-state index is 13.2. The zero-order valence-corrected chi connectivity index (χ0v) is 22.0. The Morgan fingerprint density at radius 1 is 1.05 bits per heavy atom. The maximum atomic E-state index is 13.2. The molecule has 216 valence electrons. The number of hydrogen-bond acceptors (Lipinski definition) is 6. The Bertz CT molecular complexity index is 1440. The van der Waals surface area contributed by atoms with Gasteiger partial charge in [-0.2, -0.15) is 0 Å². The van der Waals surface area contributed by atoms with Crippen LogP contribution >= 0.6 is 0 Å². The first-order chi connectivity index (χ1) is 19.7. The van der Waals surface area contributed by atoms with Crippen molar-refractivity contribution in [2.75, 3.05) is 5.32 Å². The van der Waals surface area contributed by atoms with Crippen molar-refractivity contribution in [3.05, 3.63) is 65.4 Å². The van der Waals surface area contributed by atoms with E-state index in [9.17, 15) is 22.8 Å². The fourth-order valence-corrected chi connectivity index (χ4v) is 5.95. The van der Waals surface area contributed by atoms with E-state index in [0.717, 1.165) is 25.7 Å². The number of nitrogens with zero attached hydrogens (tertiary/aromatic N) is 2. The number of para-hydroxylation sites is 1. The number of nitrogens with two attached hydrogens (primary N) is 1. The summed E-state index contributed by atoms with van der Waals surface area (Å²) in [6, 6.07) is 12.1. The number of carbonyl (C=O) groups is 2. The van der Waals surface area contributed by atoms with Gasteiger partial charge in [0.15, 0.2) is 0 Å². The van der Waals surface area contributed by atoms with Gasteiger partial charge in [0.25, 0.3) is 0 Å². The molecule has 1 aromatic heterocycles. The number of amides is 3. The minimum atomic E-state index is -4.85. The van der Waals surface area contributed by atoms with E-state index in [4.69, 9.17) is 15.0 Å². The summed E-state index contributed by atoms with van der Waals surface area (Å²) in [5.41, 5.74) is 7.26. The topological polar surface area (TPSA) is 120 Å². The molecule has 3 N–H and O–H groups in total. The van der Waals surface area contributed by atoms with Crippen LogP contribution < -0.4 is 15.8 Å². The minimum absolute atomic E-state index is 0.0242. The number of benzene rings is 2. The molecule has 2 saturated heterocycles. The highest BCUT2D eigenvalue weighted by molar-refractivity contribution is 5.96. The third-order valence-corrected chi connectivity index (χ3v) is 7.92. The van der Waals surface area contributed by atoms with Crippen LogP contribution in [0.2, 0.25) is 0 Å². The number of hydrogen-bond donors (Lipinski definition) is 2. The van der Waals surface area contributed by atoms with Crippen LogP contribution in [0.5, 0.6) is 5.75 Å². The van der Waals surface area contributed by atoms with Crippen molar-refractivity contribution in [3.63, 3.8) is 0 Å². The molecular formula is C29H29F3N4O5. The van der Waals surface area contributed by atoms with Crippen molar-refractivity contribution in [1.29, 1.82) is 0 Å². The van der Waals surface area contributed by atoms with E-state index in [0.29, 0.717) is 35.4 Å². The highest BCUT2D eigenvalue weighted by Crippen LogP contribution is 2.46. The van der Waals surface area contributed by atoms with Crippen LogP contribution in [-0.4, -0.2) is 46.5 Å². The predicted molar refractivity (Wildman–Crippen MR) is 141 cm³/mol. The Kier molecular flexibility index (Phi) is 7.10. The van der Waals surface area contributed by atoms with Crippen molar-refractivity contribution in [2.45, 2.75) is 75.6 Å². The molecule has 1 aliphatic carbocycles. The van der Waals surface area contributed by atoms with E-state index in [1.54, 1.807) is 30.3 Å². The van der Waals surface area contributed by atoms with Gasteiger partial charge in [0.2, 0.25) is 5.91 Å². The van der Waals surface area contributed by atoms with E-state index >= 15 is 0 Å². The third-order valence-electron chi connectivity index (χ3n) is 7.92. The molecule has 1 saturated carbocycles. The first-order valence-corrected chi connectivity index (χ1v) is 13.6. The molecule has 3 heterocycles. The number of halogens is 3. The summed E-state index contributed by atoms with van der Waals surface area (Å²) in [6.45, 7) is 0.126. The van der Waals surface area contributed by atoms with Crippen LogP contribution in [0.3, 0.4) is 0 Å². The highest BCUT2D eigenvalue weighted by Gasteiger charge is 2.44. The molecule has 0 spiro atoms. The van der Waals surface area contributed by atoms with Gasteiger partial charge in [0.1, 0.15) is 17.2 Å². The molecule has 6 rings (SSSR count). The van der Waals surface area contributed by atoms with Crippen molar-refractivity contribution in [2.24, 2.45) is 5.73 Å². The van der Waals surface area contributed by atoms with Gasteiger partial charge in [-0.1, -0.05) is 23.4 Å². The molecule has 3 aromatic rings. The number of rotatable bonds is 8. The molecule has 12 heteroatoms. The Balaban J connectivity index is 1.15. The molecule has 9 nitrogen and oxygen atoms in total. The molecule has 2 unspecified atom stereocenters. The van der Waals surface area contributed by atoms with Crippen LogP contribution in [0.4, 0.5) is 23.7 Å². The second-order valence-corrected chi connectivity index (χ2v) is 10.8. The van der Waals surface area contributed by atoms with E-state index in [-0.39, 0.29) is 53.8 Å². The first-order valence-electron chi connectivity index (χ1n) is 13.6. The van der Waals surface area contributed by atoms with Crippen LogP contribution in [0.15, 0.2) is 53.1 Å². The number of aromatic nitrogens is 1. The molecule has 2 bridgehead atoms. The molecule has 41 heavy (non-hydrogen) atoms. The molecule has 0 radical (unpaired) electrons. The van der Waals surface area contributed by atoms with E-state index < -0.39 is 12.3 Å². The normalized spacial score (nSPS) is 22.0. The number of urea groups is 1. The number of piperidine rings is 1. The highest BCUT2D eigenvalue weighted by atomic mass is 19.4. The number of anilines is 1. The summed E-state index contributed by atoms with van der Waals surface area (Å²) >= 11 is 0. The average Bonchev–Trinajstić information content (AvgIpc) is 3.62. The zero-order chi connectivity index (χ0) is 28.7. The van der Waals surface area contributed by atoms with Crippen LogP contribution in [0, 0.1) is 0 Å². The summed E-state index contributed by atoms with van der Waals surface area (Å²) in [6.07, 6.45) is -0.228. The van der Waals surface area contributed by atoms with Gasteiger partial charge in [-0.3, -0.25) is 4.79 Å². The van der Waals surface area contributed by atoms with E-state index in [1.165, 1.54) is 18.2 Å². The largest absolute Gasteiger partial charge is 0.573 e. The number of ether oxygens (including phenoxy) is 2. The van der Waals surface area contributed by atoms with Gasteiger partial charge in [-0.05, 0) is 68.9 Å². The van der Waals surface area contributed by atoms with E-state index in [2.05, 4.69) is 15.2 Å². The summed E-state index contributed by atoms with van der Waals surface area (Å²) in [4.78, 5) is 26.5. The SMILES string of the molecule is NC(=O)c1cccc(NC(=O)N2C3CCC2CC(OCc2c(-c4ccccc4OC(F)(F)F)noc2C2CC2)C3)c1. The molecule has 3 aliphatic rings. The van der Waals surface area contributed by atoms with Gasteiger partial charge >= 0.3 is 12.4 Å². The molecule has 2 aromatic carbocycles. The van der Waals surface area contributed by atoms with Crippen LogP contribution in [0.25, 0.3) is 11.3 Å². The number of primary amides is 1. The smallest absolute Gasteiger partial charge is 0.405 e. The average molecular weight is 571 g/mol. The maximum Gasteiger partial charge on any atom is 0.573 e. The number of fused-ring (bicyclic) bond motifs is 2. The monoisotopic (exact) mass is 570 g/mol. The predicted octanol–water partition coefficient (Wildman–Crippen LogP) is 5.96. The van der Waals surface area contributed by atoms with Crippen LogP contribution in [0.1, 0.15) is 66.1 Å². The zero-order valence-electron chi connectivity index (χ0n) is 22.0. The fourth-order valence-electron chi connectivity index (χ4n) is 5.95. The standard InChI is InChI=1S/C29H29F3N4O5/c30-29(31,32)40-24-7-2-1-6-22(24)25-23(26(41-35-25)16-8-9-16)15-39-21-13-19-10-11-20(14-21)36(19)28(38)34-18-5-3-4-17(12-18)27(33)37/h1-7,12,16,19-21H,8-11,13-15H2,(H2,33,37)(H,34,38). The second kappa shape index (κ2) is 10.7. The fraction of sp³-hybridized carbons (Fsp3) is 0.414. The molecule has 2 aliphatic heterocycles. The third kappa shape index (κ3) is 5.88. The molecule has 3 fully saturated rings. The quantitative estimate of drug-likeness (QED) is 0.345. The van der Waals surface area contributed by atoms with E-state index in [1.807, 2.05) is 4.90 Å². The minimum Gasteiger partial charge on any atom is -0.405 e. The molecule has 3 amide bonds. The van der Waals surface area contributed by atoms with Crippen LogP contribution in [-0.2, 0) is 11.3 Å². The lowest BCUT2D eigenvalue weighted by atomic mass is 9.99. The van der Waals surface area contributed by atoms with Crippen molar-refractivity contribution < 1.29 is 36.8 Å². The lowest BCUT2D eigenvalue weighted by Gasteiger charge is -2.38. The van der Waals surface area contributed by atoms with Gasteiger partial charge in [-0.15, -0.1) is 13.2 Å². The summed E-state index contributed by atoms with van der Waals surface area (Å²) < 4.78 is 55.4. The van der Waals surface area contributed by atoms with Gasteiger partial charge < -0.3 is 29.9 Å². The summed E-state index contributed by atoms with van der Waals surface area (Å²) in [7, 11) is 0. The van der Waals surface area contributed by atoms with Gasteiger partial charge in [-0.25, -0.2) is 4.79 Å².